The Hall–Kier alpha value is -1.56. The summed E-state index contributed by atoms with van der Waals surface area (Å²) in [4.78, 5) is 11.9. The van der Waals surface area contributed by atoms with Crippen molar-refractivity contribution in [2.24, 2.45) is 5.92 Å². The van der Waals surface area contributed by atoms with Crippen LogP contribution in [-0.2, 0) is 21.1 Å². The van der Waals surface area contributed by atoms with E-state index < -0.39 is 9.84 Å². The van der Waals surface area contributed by atoms with E-state index in [9.17, 15) is 13.2 Å². The molecule has 20 heavy (non-hydrogen) atoms. The largest absolute Gasteiger partial charge is 0.496 e. The highest BCUT2D eigenvalue weighted by molar-refractivity contribution is 7.91. The first-order chi connectivity index (χ1) is 9.50. The number of carbonyl (C=O) groups is 1. The fraction of sp³-hybridized carbons (Fsp3) is 0.500. The third kappa shape index (κ3) is 3.96. The lowest BCUT2D eigenvalue weighted by Gasteiger charge is -2.11. The first-order valence-corrected chi connectivity index (χ1v) is 8.41. The van der Waals surface area contributed by atoms with Crippen molar-refractivity contribution in [3.05, 3.63) is 29.8 Å². The molecule has 2 rings (SSSR count). The summed E-state index contributed by atoms with van der Waals surface area (Å²) in [6, 6.07) is 7.36. The summed E-state index contributed by atoms with van der Waals surface area (Å²) < 4.78 is 27.9. The van der Waals surface area contributed by atoms with Crippen LogP contribution in [0.4, 0.5) is 0 Å². The van der Waals surface area contributed by atoms with Gasteiger partial charge in [-0.2, -0.15) is 0 Å². The molecule has 1 amide bonds. The SMILES string of the molecule is COc1ccccc1CC(=O)NC[C@H]1CCS(=O)(=O)C1. The third-order valence-electron chi connectivity index (χ3n) is 3.46. The predicted octanol–water partition coefficient (Wildman–Crippen LogP) is 0.789. The zero-order chi connectivity index (χ0) is 14.6. The molecular formula is C14H19NO4S. The van der Waals surface area contributed by atoms with Crippen LogP contribution in [0.3, 0.4) is 0 Å². The van der Waals surface area contributed by atoms with Crippen LogP contribution in [0.25, 0.3) is 0 Å². The summed E-state index contributed by atoms with van der Waals surface area (Å²) in [5.41, 5.74) is 0.826. The Morgan fingerprint density at radius 2 is 2.15 bits per heavy atom. The Bertz CT molecular complexity index is 583. The number of sulfone groups is 1. The minimum atomic E-state index is -2.88. The molecule has 1 N–H and O–H groups in total. The molecule has 5 nitrogen and oxygen atoms in total. The Kier molecular flexibility index (Phi) is 4.65. The van der Waals surface area contributed by atoms with Crippen LogP contribution < -0.4 is 10.1 Å². The Labute approximate surface area is 119 Å². The predicted molar refractivity (Wildman–Crippen MR) is 76.5 cm³/mol. The molecule has 1 aliphatic rings. The van der Waals surface area contributed by atoms with Gasteiger partial charge in [0.05, 0.1) is 25.0 Å². The van der Waals surface area contributed by atoms with E-state index in [4.69, 9.17) is 4.74 Å². The van der Waals surface area contributed by atoms with Gasteiger partial charge in [0.1, 0.15) is 5.75 Å². The van der Waals surface area contributed by atoms with Crippen molar-refractivity contribution >= 4 is 15.7 Å². The maximum atomic E-state index is 11.9. The standard InChI is InChI=1S/C14H19NO4S/c1-19-13-5-3-2-4-12(13)8-14(16)15-9-11-6-7-20(17,18)10-11/h2-5,11H,6-10H2,1H3,(H,15,16)/t11-/m1/s1. The summed E-state index contributed by atoms with van der Waals surface area (Å²) >= 11 is 0. The van der Waals surface area contributed by atoms with Crippen molar-refractivity contribution in [3.63, 3.8) is 0 Å². The summed E-state index contributed by atoms with van der Waals surface area (Å²) in [5.74, 6) is 1.04. The van der Waals surface area contributed by atoms with Gasteiger partial charge in [0, 0.05) is 12.1 Å². The van der Waals surface area contributed by atoms with Crippen LogP contribution in [0.5, 0.6) is 5.75 Å². The second-order valence-corrected chi connectivity index (χ2v) is 7.29. The second-order valence-electron chi connectivity index (χ2n) is 5.06. The molecular weight excluding hydrogens is 278 g/mol. The van der Waals surface area contributed by atoms with Gasteiger partial charge in [0.2, 0.25) is 5.91 Å². The van der Waals surface area contributed by atoms with Gasteiger partial charge in [-0.3, -0.25) is 4.79 Å². The van der Waals surface area contributed by atoms with Gasteiger partial charge in [0.25, 0.3) is 0 Å². The molecule has 0 bridgehead atoms. The number of rotatable bonds is 5. The first kappa shape index (κ1) is 14.8. The number of hydrogen-bond donors (Lipinski definition) is 1. The van der Waals surface area contributed by atoms with E-state index >= 15 is 0 Å². The smallest absolute Gasteiger partial charge is 0.224 e. The minimum absolute atomic E-state index is 0.0432. The highest BCUT2D eigenvalue weighted by Gasteiger charge is 2.27. The lowest BCUT2D eigenvalue weighted by Crippen LogP contribution is -2.31. The third-order valence-corrected chi connectivity index (χ3v) is 5.30. The quantitative estimate of drug-likeness (QED) is 0.872. The number of carbonyl (C=O) groups excluding carboxylic acids is 1. The van der Waals surface area contributed by atoms with Crippen molar-refractivity contribution in [2.75, 3.05) is 25.2 Å². The molecule has 1 heterocycles. The molecule has 0 unspecified atom stereocenters. The van der Waals surface area contributed by atoms with E-state index in [1.54, 1.807) is 7.11 Å². The van der Waals surface area contributed by atoms with E-state index in [1.165, 1.54) is 0 Å². The maximum Gasteiger partial charge on any atom is 0.224 e. The van der Waals surface area contributed by atoms with E-state index in [0.29, 0.717) is 18.7 Å². The molecule has 0 spiro atoms. The molecule has 0 saturated carbocycles. The van der Waals surface area contributed by atoms with E-state index in [-0.39, 0.29) is 29.8 Å². The Balaban J connectivity index is 1.84. The van der Waals surface area contributed by atoms with Gasteiger partial charge in [-0.25, -0.2) is 8.42 Å². The molecule has 1 aromatic carbocycles. The molecule has 1 aromatic rings. The van der Waals surface area contributed by atoms with Crippen LogP contribution in [0.15, 0.2) is 24.3 Å². The van der Waals surface area contributed by atoms with E-state index in [2.05, 4.69) is 5.32 Å². The van der Waals surface area contributed by atoms with Gasteiger partial charge in [-0.15, -0.1) is 0 Å². The molecule has 6 heteroatoms. The molecule has 1 saturated heterocycles. The molecule has 1 atom stereocenters. The van der Waals surface area contributed by atoms with Crippen LogP contribution in [0, 0.1) is 5.92 Å². The molecule has 1 fully saturated rings. The van der Waals surface area contributed by atoms with E-state index in [0.717, 1.165) is 5.56 Å². The van der Waals surface area contributed by atoms with E-state index in [1.807, 2.05) is 24.3 Å². The van der Waals surface area contributed by atoms with Gasteiger partial charge in [-0.1, -0.05) is 18.2 Å². The van der Waals surface area contributed by atoms with Crippen LogP contribution in [0.1, 0.15) is 12.0 Å². The van der Waals surface area contributed by atoms with Gasteiger partial charge in [0.15, 0.2) is 9.84 Å². The number of benzene rings is 1. The Morgan fingerprint density at radius 1 is 1.40 bits per heavy atom. The van der Waals surface area contributed by atoms with Crippen molar-refractivity contribution in [1.29, 1.82) is 0 Å². The fourth-order valence-electron chi connectivity index (χ4n) is 2.38. The first-order valence-electron chi connectivity index (χ1n) is 6.59. The number of amides is 1. The summed E-state index contributed by atoms with van der Waals surface area (Å²) in [5, 5.41) is 2.80. The zero-order valence-corrected chi connectivity index (χ0v) is 12.3. The minimum Gasteiger partial charge on any atom is -0.496 e. The van der Waals surface area contributed by atoms with Gasteiger partial charge >= 0.3 is 0 Å². The number of methoxy groups -OCH3 is 1. The maximum absolute atomic E-state index is 11.9. The average Bonchev–Trinajstić information content (AvgIpc) is 2.77. The molecule has 110 valence electrons. The van der Waals surface area contributed by atoms with Crippen LogP contribution in [-0.4, -0.2) is 39.5 Å². The molecule has 0 aliphatic carbocycles. The zero-order valence-electron chi connectivity index (χ0n) is 11.5. The monoisotopic (exact) mass is 297 g/mol. The molecule has 1 aliphatic heterocycles. The number of hydrogen-bond acceptors (Lipinski definition) is 4. The summed E-state index contributed by atoms with van der Waals surface area (Å²) in [6.07, 6.45) is 0.876. The number of para-hydroxylation sites is 1. The van der Waals surface area contributed by atoms with Crippen LogP contribution in [0.2, 0.25) is 0 Å². The summed E-state index contributed by atoms with van der Waals surface area (Å²) in [7, 11) is -1.31. The van der Waals surface area contributed by atoms with Crippen molar-refractivity contribution in [3.8, 4) is 5.75 Å². The van der Waals surface area contributed by atoms with Gasteiger partial charge in [-0.05, 0) is 18.4 Å². The Morgan fingerprint density at radius 3 is 2.80 bits per heavy atom. The normalized spacial score (nSPS) is 20.6. The highest BCUT2D eigenvalue weighted by Crippen LogP contribution is 2.19. The van der Waals surface area contributed by atoms with Crippen molar-refractivity contribution in [1.82, 2.24) is 5.32 Å². The topological polar surface area (TPSA) is 72.5 Å². The average molecular weight is 297 g/mol. The summed E-state index contributed by atoms with van der Waals surface area (Å²) in [6.45, 7) is 0.424. The van der Waals surface area contributed by atoms with Gasteiger partial charge < -0.3 is 10.1 Å². The lowest BCUT2D eigenvalue weighted by atomic mass is 10.1. The number of nitrogens with one attached hydrogen (secondary N) is 1. The fourth-order valence-corrected chi connectivity index (χ4v) is 4.24. The van der Waals surface area contributed by atoms with Crippen LogP contribution >= 0.6 is 0 Å². The van der Waals surface area contributed by atoms with Crippen molar-refractivity contribution < 1.29 is 17.9 Å². The molecule has 0 aromatic heterocycles. The van der Waals surface area contributed by atoms with Crippen molar-refractivity contribution in [2.45, 2.75) is 12.8 Å². The lowest BCUT2D eigenvalue weighted by molar-refractivity contribution is -0.120. The number of ether oxygens (including phenoxy) is 1. The second kappa shape index (κ2) is 6.26. The molecule has 0 radical (unpaired) electrons. The highest BCUT2D eigenvalue weighted by atomic mass is 32.2.